The summed E-state index contributed by atoms with van der Waals surface area (Å²) in [5.74, 6) is 0.698. The van der Waals surface area contributed by atoms with Crippen molar-refractivity contribution in [3.63, 3.8) is 0 Å². The molecule has 0 heterocycles. The predicted octanol–water partition coefficient (Wildman–Crippen LogP) is 5.75. The lowest BCUT2D eigenvalue weighted by Gasteiger charge is -2.16. The maximum atomic E-state index is 12.2. The highest BCUT2D eigenvalue weighted by Crippen LogP contribution is 2.32. The number of halogens is 2. The number of nitrogens with one attached hydrogen (secondary N) is 1. The molecule has 0 aliphatic rings. The Bertz CT molecular complexity index is 757. The van der Waals surface area contributed by atoms with Crippen molar-refractivity contribution in [2.24, 2.45) is 0 Å². The smallest absolute Gasteiger partial charge is 0.262 e. The summed E-state index contributed by atoms with van der Waals surface area (Å²) in [5, 5.41) is 4.14. The third kappa shape index (κ3) is 4.43. The number of rotatable bonds is 5. The van der Waals surface area contributed by atoms with Gasteiger partial charge in [-0.15, -0.1) is 0 Å². The summed E-state index contributed by atoms with van der Waals surface area (Å²) in [4.78, 5) is 12.2. The van der Waals surface area contributed by atoms with E-state index in [9.17, 15) is 4.79 Å². The first-order valence-corrected chi connectivity index (χ1v) is 8.53. The normalized spacial score (nSPS) is 10.8. The molecule has 2 aromatic carbocycles. The number of ether oxygens (including phenoxy) is 1. The molecule has 1 N–H and O–H groups in total. The SMILES string of the molecule is Cc1cc(OCC(=O)Nc2cccc(Cl)c2C)c(C(C)C)cc1Cl. The maximum absolute atomic E-state index is 12.2. The fourth-order valence-electron chi connectivity index (χ4n) is 2.32. The third-order valence-corrected chi connectivity index (χ3v) is 4.63. The van der Waals surface area contributed by atoms with Gasteiger partial charge in [0.1, 0.15) is 5.75 Å². The van der Waals surface area contributed by atoms with E-state index in [0.29, 0.717) is 21.5 Å². The van der Waals surface area contributed by atoms with Crippen LogP contribution in [-0.4, -0.2) is 12.5 Å². The zero-order valence-corrected chi connectivity index (χ0v) is 15.8. The molecule has 1 amide bonds. The number of anilines is 1. The van der Waals surface area contributed by atoms with Crippen molar-refractivity contribution in [2.45, 2.75) is 33.6 Å². The van der Waals surface area contributed by atoms with Crippen LogP contribution in [0.1, 0.15) is 36.5 Å². The topological polar surface area (TPSA) is 38.3 Å². The highest BCUT2D eigenvalue weighted by atomic mass is 35.5. The van der Waals surface area contributed by atoms with E-state index in [-0.39, 0.29) is 18.4 Å². The zero-order chi connectivity index (χ0) is 17.9. The first-order chi connectivity index (χ1) is 11.3. The van der Waals surface area contributed by atoms with Gasteiger partial charge in [0.2, 0.25) is 0 Å². The fourth-order valence-corrected chi connectivity index (χ4v) is 2.67. The van der Waals surface area contributed by atoms with Gasteiger partial charge in [-0.2, -0.15) is 0 Å². The highest BCUT2D eigenvalue weighted by molar-refractivity contribution is 6.32. The molecule has 0 fully saturated rings. The minimum atomic E-state index is -0.234. The Labute approximate surface area is 152 Å². The third-order valence-electron chi connectivity index (χ3n) is 3.81. The molecule has 0 atom stereocenters. The Morgan fingerprint density at radius 2 is 1.88 bits per heavy atom. The summed E-state index contributed by atoms with van der Waals surface area (Å²) < 4.78 is 5.73. The largest absolute Gasteiger partial charge is 0.483 e. The molecule has 0 aromatic heterocycles. The molecule has 0 bridgehead atoms. The van der Waals surface area contributed by atoms with Gasteiger partial charge in [0.05, 0.1) is 0 Å². The lowest BCUT2D eigenvalue weighted by Crippen LogP contribution is -2.21. The van der Waals surface area contributed by atoms with E-state index in [1.54, 1.807) is 12.1 Å². The lowest BCUT2D eigenvalue weighted by atomic mass is 10.0. The van der Waals surface area contributed by atoms with Crippen LogP contribution in [0.2, 0.25) is 10.0 Å². The molecule has 0 saturated carbocycles. The van der Waals surface area contributed by atoms with Crippen molar-refractivity contribution in [1.82, 2.24) is 0 Å². The summed E-state index contributed by atoms with van der Waals surface area (Å²) in [6.45, 7) is 7.81. The Kier molecular flexibility index (Phi) is 6.14. The van der Waals surface area contributed by atoms with Crippen molar-refractivity contribution >= 4 is 34.8 Å². The molecular weight excluding hydrogens is 345 g/mol. The van der Waals surface area contributed by atoms with Crippen LogP contribution in [0.15, 0.2) is 30.3 Å². The maximum Gasteiger partial charge on any atom is 0.262 e. The van der Waals surface area contributed by atoms with Crippen molar-refractivity contribution in [1.29, 1.82) is 0 Å². The standard InChI is InChI=1S/C19H21Cl2NO2/c1-11(2)14-9-16(21)12(3)8-18(14)24-10-19(23)22-17-7-5-6-15(20)13(17)4/h5-9,11H,10H2,1-4H3,(H,22,23). The van der Waals surface area contributed by atoms with Crippen molar-refractivity contribution < 1.29 is 9.53 Å². The summed E-state index contributed by atoms with van der Waals surface area (Å²) in [5.41, 5.74) is 3.42. The van der Waals surface area contributed by atoms with E-state index in [4.69, 9.17) is 27.9 Å². The van der Waals surface area contributed by atoms with Crippen LogP contribution < -0.4 is 10.1 Å². The van der Waals surface area contributed by atoms with Crippen molar-refractivity contribution in [2.75, 3.05) is 11.9 Å². The Balaban J connectivity index is 2.09. The molecule has 128 valence electrons. The van der Waals surface area contributed by atoms with E-state index < -0.39 is 0 Å². The molecular formula is C19H21Cl2NO2. The molecule has 0 saturated heterocycles. The first kappa shape index (κ1) is 18.6. The quantitative estimate of drug-likeness (QED) is 0.732. The van der Waals surface area contributed by atoms with Gasteiger partial charge in [-0.25, -0.2) is 0 Å². The van der Waals surface area contributed by atoms with Crippen LogP contribution in [0, 0.1) is 13.8 Å². The molecule has 0 spiro atoms. The Hall–Kier alpha value is -1.71. The van der Waals surface area contributed by atoms with Gasteiger partial charge in [0.25, 0.3) is 5.91 Å². The fraction of sp³-hybridized carbons (Fsp3) is 0.316. The average Bonchev–Trinajstić information content (AvgIpc) is 2.52. The second-order valence-corrected chi connectivity index (χ2v) is 6.86. The molecule has 5 heteroatoms. The van der Waals surface area contributed by atoms with Crippen LogP contribution in [-0.2, 0) is 4.79 Å². The van der Waals surface area contributed by atoms with Gasteiger partial charge in [0, 0.05) is 15.7 Å². The van der Waals surface area contributed by atoms with E-state index in [1.165, 1.54) is 0 Å². The number of hydrogen-bond donors (Lipinski definition) is 1. The molecule has 3 nitrogen and oxygen atoms in total. The first-order valence-electron chi connectivity index (χ1n) is 7.77. The van der Waals surface area contributed by atoms with Gasteiger partial charge in [-0.3, -0.25) is 4.79 Å². The second kappa shape index (κ2) is 7.91. The molecule has 0 aliphatic heterocycles. The molecule has 2 rings (SSSR count). The van der Waals surface area contributed by atoms with E-state index in [1.807, 2.05) is 32.0 Å². The summed E-state index contributed by atoms with van der Waals surface area (Å²) in [7, 11) is 0. The van der Waals surface area contributed by atoms with Gasteiger partial charge in [0.15, 0.2) is 6.61 Å². The summed E-state index contributed by atoms with van der Waals surface area (Å²) in [6.07, 6.45) is 0. The molecule has 0 radical (unpaired) electrons. The van der Waals surface area contributed by atoms with Crippen LogP contribution in [0.5, 0.6) is 5.75 Å². The second-order valence-electron chi connectivity index (χ2n) is 6.04. The highest BCUT2D eigenvalue weighted by Gasteiger charge is 2.13. The van der Waals surface area contributed by atoms with Crippen LogP contribution in [0.25, 0.3) is 0 Å². The van der Waals surface area contributed by atoms with Gasteiger partial charge in [-0.05, 0) is 60.7 Å². The number of carbonyl (C=O) groups excluding carboxylic acids is 1. The number of benzene rings is 2. The van der Waals surface area contributed by atoms with Crippen LogP contribution >= 0.6 is 23.2 Å². The monoisotopic (exact) mass is 365 g/mol. The summed E-state index contributed by atoms with van der Waals surface area (Å²) >= 11 is 12.2. The molecule has 0 aliphatic carbocycles. The number of carbonyl (C=O) groups is 1. The Morgan fingerprint density at radius 1 is 1.17 bits per heavy atom. The Morgan fingerprint density at radius 3 is 2.54 bits per heavy atom. The molecule has 2 aromatic rings. The number of amides is 1. The number of aryl methyl sites for hydroxylation is 1. The van der Waals surface area contributed by atoms with E-state index in [0.717, 1.165) is 16.7 Å². The van der Waals surface area contributed by atoms with Crippen molar-refractivity contribution in [3.05, 3.63) is 57.1 Å². The van der Waals surface area contributed by atoms with Gasteiger partial charge >= 0.3 is 0 Å². The molecule has 0 unspecified atom stereocenters. The minimum absolute atomic E-state index is 0.0766. The minimum Gasteiger partial charge on any atom is -0.483 e. The van der Waals surface area contributed by atoms with E-state index >= 15 is 0 Å². The van der Waals surface area contributed by atoms with E-state index in [2.05, 4.69) is 19.2 Å². The number of hydrogen-bond acceptors (Lipinski definition) is 2. The van der Waals surface area contributed by atoms with Gasteiger partial charge < -0.3 is 10.1 Å². The van der Waals surface area contributed by atoms with Crippen LogP contribution in [0.3, 0.4) is 0 Å². The van der Waals surface area contributed by atoms with Crippen LogP contribution in [0.4, 0.5) is 5.69 Å². The predicted molar refractivity (Wildman–Crippen MR) is 101 cm³/mol. The molecule has 24 heavy (non-hydrogen) atoms. The zero-order valence-electron chi connectivity index (χ0n) is 14.2. The van der Waals surface area contributed by atoms with Crippen molar-refractivity contribution in [3.8, 4) is 5.75 Å². The van der Waals surface area contributed by atoms with Gasteiger partial charge in [-0.1, -0.05) is 43.1 Å². The lowest BCUT2D eigenvalue weighted by molar-refractivity contribution is -0.118. The average molecular weight is 366 g/mol. The summed E-state index contributed by atoms with van der Waals surface area (Å²) in [6, 6.07) is 9.16.